The SMILES string of the molecule is O=C(CCCc1nc(-c2ccco2)no1)Nc1cccc(Cl)c1. The van der Waals surface area contributed by atoms with E-state index in [9.17, 15) is 4.79 Å². The molecular formula is C16H14ClN3O3. The van der Waals surface area contributed by atoms with Gasteiger partial charge in [-0.1, -0.05) is 22.8 Å². The van der Waals surface area contributed by atoms with Gasteiger partial charge in [0.1, 0.15) is 0 Å². The van der Waals surface area contributed by atoms with Crippen LogP contribution in [-0.2, 0) is 11.2 Å². The normalized spacial score (nSPS) is 10.7. The summed E-state index contributed by atoms with van der Waals surface area (Å²) in [5.41, 5.74) is 0.681. The first-order valence-corrected chi connectivity index (χ1v) is 7.50. The van der Waals surface area contributed by atoms with Crippen LogP contribution in [0.5, 0.6) is 0 Å². The Hall–Kier alpha value is -2.60. The molecule has 1 amide bonds. The summed E-state index contributed by atoms with van der Waals surface area (Å²) in [5.74, 6) is 1.36. The number of carbonyl (C=O) groups excluding carboxylic acids is 1. The van der Waals surface area contributed by atoms with E-state index >= 15 is 0 Å². The van der Waals surface area contributed by atoms with Crippen LogP contribution in [0.25, 0.3) is 11.6 Å². The number of anilines is 1. The van der Waals surface area contributed by atoms with E-state index in [4.69, 9.17) is 20.5 Å². The average molecular weight is 332 g/mol. The quantitative estimate of drug-likeness (QED) is 0.739. The molecule has 23 heavy (non-hydrogen) atoms. The van der Waals surface area contributed by atoms with Crippen LogP contribution < -0.4 is 5.32 Å². The summed E-state index contributed by atoms with van der Waals surface area (Å²) in [6.45, 7) is 0. The minimum absolute atomic E-state index is 0.0851. The first kappa shape index (κ1) is 15.3. The molecular weight excluding hydrogens is 318 g/mol. The maximum atomic E-state index is 11.9. The van der Waals surface area contributed by atoms with E-state index in [1.54, 1.807) is 42.7 Å². The highest BCUT2D eigenvalue weighted by Gasteiger charge is 2.11. The number of aromatic nitrogens is 2. The zero-order valence-electron chi connectivity index (χ0n) is 12.2. The molecule has 0 aliphatic heterocycles. The smallest absolute Gasteiger partial charge is 0.238 e. The lowest BCUT2D eigenvalue weighted by Crippen LogP contribution is -2.11. The Kier molecular flexibility index (Phi) is 4.73. The van der Waals surface area contributed by atoms with E-state index < -0.39 is 0 Å². The van der Waals surface area contributed by atoms with Crippen LogP contribution in [0.1, 0.15) is 18.7 Å². The Morgan fingerprint density at radius 3 is 2.96 bits per heavy atom. The molecule has 2 heterocycles. The summed E-state index contributed by atoms with van der Waals surface area (Å²) in [7, 11) is 0. The van der Waals surface area contributed by atoms with Crippen molar-refractivity contribution in [3.05, 3.63) is 53.6 Å². The zero-order valence-corrected chi connectivity index (χ0v) is 12.9. The van der Waals surface area contributed by atoms with Crippen LogP contribution in [0.2, 0.25) is 5.02 Å². The zero-order chi connectivity index (χ0) is 16.1. The van der Waals surface area contributed by atoms with Crippen LogP contribution in [0.15, 0.2) is 51.6 Å². The molecule has 0 bridgehead atoms. The maximum Gasteiger partial charge on any atom is 0.238 e. The number of aryl methyl sites for hydroxylation is 1. The fraction of sp³-hybridized carbons (Fsp3) is 0.188. The molecule has 0 fully saturated rings. The molecule has 0 spiro atoms. The standard InChI is InChI=1S/C16H14ClN3O3/c17-11-4-1-5-12(10-11)18-14(21)7-2-8-15-19-16(20-23-15)13-6-3-9-22-13/h1,3-6,9-10H,2,7-8H2,(H,18,21). The van der Waals surface area contributed by atoms with Gasteiger partial charge in [0.15, 0.2) is 5.76 Å². The molecule has 7 heteroatoms. The molecule has 0 saturated heterocycles. The number of halogens is 1. The van der Waals surface area contributed by atoms with E-state index in [0.29, 0.717) is 47.4 Å². The van der Waals surface area contributed by atoms with E-state index in [1.165, 1.54) is 0 Å². The van der Waals surface area contributed by atoms with Crippen LogP contribution in [0, 0.1) is 0 Å². The highest BCUT2D eigenvalue weighted by molar-refractivity contribution is 6.30. The van der Waals surface area contributed by atoms with Crippen LogP contribution in [0.4, 0.5) is 5.69 Å². The van der Waals surface area contributed by atoms with E-state index in [2.05, 4.69) is 15.5 Å². The highest BCUT2D eigenvalue weighted by Crippen LogP contribution is 2.17. The Balaban J connectivity index is 1.47. The first-order valence-electron chi connectivity index (χ1n) is 7.12. The molecule has 0 saturated carbocycles. The van der Waals surface area contributed by atoms with Gasteiger partial charge in [0.25, 0.3) is 0 Å². The fourth-order valence-corrected chi connectivity index (χ4v) is 2.24. The second kappa shape index (κ2) is 7.11. The summed E-state index contributed by atoms with van der Waals surface area (Å²) in [6, 6.07) is 10.5. The Morgan fingerprint density at radius 2 is 2.17 bits per heavy atom. The number of hydrogen-bond acceptors (Lipinski definition) is 5. The molecule has 118 valence electrons. The van der Waals surface area contributed by atoms with E-state index in [1.807, 2.05) is 0 Å². The molecule has 0 aliphatic rings. The minimum atomic E-state index is -0.0851. The number of carbonyl (C=O) groups is 1. The number of nitrogens with zero attached hydrogens (tertiary/aromatic N) is 2. The third-order valence-corrected chi connectivity index (χ3v) is 3.35. The van der Waals surface area contributed by atoms with Gasteiger partial charge in [0.05, 0.1) is 6.26 Å². The highest BCUT2D eigenvalue weighted by atomic mass is 35.5. The van der Waals surface area contributed by atoms with Crippen molar-refractivity contribution in [2.24, 2.45) is 0 Å². The predicted octanol–water partition coefficient (Wildman–Crippen LogP) is 3.94. The lowest BCUT2D eigenvalue weighted by Gasteiger charge is -2.04. The third kappa shape index (κ3) is 4.20. The number of rotatable bonds is 6. The number of amides is 1. The second-order valence-corrected chi connectivity index (χ2v) is 5.34. The molecule has 3 rings (SSSR count). The summed E-state index contributed by atoms with van der Waals surface area (Å²) in [6.07, 6.45) is 3.03. The van der Waals surface area contributed by atoms with Crippen LogP contribution in [-0.4, -0.2) is 16.0 Å². The van der Waals surface area contributed by atoms with Gasteiger partial charge in [-0.05, 0) is 36.8 Å². The van der Waals surface area contributed by atoms with Gasteiger partial charge in [-0.15, -0.1) is 0 Å². The van der Waals surface area contributed by atoms with E-state index in [0.717, 1.165) is 0 Å². The molecule has 0 aliphatic carbocycles. The van der Waals surface area contributed by atoms with E-state index in [-0.39, 0.29) is 5.91 Å². The van der Waals surface area contributed by atoms with Crippen molar-refractivity contribution in [1.82, 2.24) is 10.1 Å². The average Bonchev–Trinajstić information content (AvgIpc) is 3.18. The molecule has 0 unspecified atom stereocenters. The second-order valence-electron chi connectivity index (χ2n) is 4.90. The lowest BCUT2D eigenvalue weighted by atomic mass is 10.2. The van der Waals surface area contributed by atoms with Gasteiger partial charge in [0.2, 0.25) is 17.6 Å². The van der Waals surface area contributed by atoms with Gasteiger partial charge < -0.3 is 14.3 Å². The molecule has 1 N–H and O–H groups in total. The third-order valence-electron chi connectivity index (χ3n) is 3.11. The monoisotopic (exact) mass is 331 g/mol. The topological polar surface area (TPSA) is 81.2 Å². The predicted molar refractivity (Wildman–Crippen MR) is 85.0 cm³/mol. The number of hydrogen-bond donors (Lipinski definition) is 1. The number of nitrogens with one attached hydrogen (secondary N) is 1. The van der Waals surface area contributed by atoms with Crippen molar-refractivity contribution in [1.29, 1.82) is 0 Å². The molecule has 1 aromatic carbocycles. The minimum Gasteiger partial charge on any atom is -0.461 e. The van der Waals surface area contributed by atoms with Crippen molar-refractivity contribution in [3.63, 3.8) is 0 Å². The first-order chi connectivity index (χ1) is 11.2. The Morgan fingerprint density at radius 1 is 1.26 bits per heavy atom. The number of benzene rings is 1. The van der Waals surface area contributed by atoms with Crippen LogP contribution >= 0.6 is 11.6 Å². The van der Waals surface area contributed by atoms with Crippen molar-refractivity contribution in [3.8, 4) is 11.6 Å². The summed E-state index contributed by atoms with van der Waals surface area (Å²) in [5, 5.41) is 7.21. The Labute approximate surface area is 137 Å². The summed E-state index contributed by atoms with van der Waals surface area (Å²) >= 11 is 5.87. The fourth-order valence-electron chi connectivity index (χ4n) is 2.05. The molecule has 2 aromatic heterocycles. The van der Waals surface area contributed by atoms with Crippen molar-refractivity contribution in [2.75, 3.05) is 5.32 Å². The molecule has 0 radical (unpaired) electrons. The van der Waals surface area contributed by atoms with Crippen molar-refractivity contribution in [2.45, 2.75) is 19.3 Å². The van der Waals surface area contributed by atoms with Gasteiger partial charge in [-0.3, -0.25) is 4.79 Å². The van der Waals surface area contributed by atoms with Crippen LogP contribution in [0.3, 0.4) is 0 Å². The lowest BCUT2D eigenvalue weighted by molar-refractivity contribution is -0.116. The van der Waals surface area contributed by atoms with Crippen molar-refractivity contribution < 1.29 is 13.7 Å². The van der Waals surface area contributed by atoms with Gasteiger partial charge in [0, 0.05) is 23.6 Å². The largest absolute Gasteiger partial charge is 0.461 e. The molecule has 0 atom stereocenters. The molecule has 6 nitrogen and oxygen atoms in total. The molecule has 3 aromatic rings. The number of furan rings is 1. The van der Waals surface area contributed by atoms with Gasteiger partial charge in [-0.25, -0.2) is 0 Å². The summed E-state index contributed by atoms with van der Waals surface area (Å²) < 4.78 is 10.3. The van der Waals surface area contributed by atoms with Gasteiger partial charge >= 0.3 is 0 Å². The van der Waals surface area contributed by atoms with Crippen molar-refractivity contribution >= 4 is 23.2 Å². The summed E-state index contributed by atoms with van der Waals surface area (Å²) in [4.78, 5) is 16.1. The Bertz CT molecular complexity index is 783. The maximum absolute atomic E-state index is 11.9. The van der Waals surface area contributed by atoms with Gasteiger partial charge in [-0.2, -0.15) is 4.98 Å².